The van der Waals surface area contributed by atoms with Gasteiger partial charge in [-0.15, -0.1) is 0 Å². The first-order valence-electron chi connectivity index (χ1n) is 7.42. The van der Waals surface area contributed by atoms with Crippen LogP contribution in [0.1, 0.15) is 30.2 Å². The van der Waals surface area contributed by atoms with Crippen LogP contribution in [0.4, 0.5) is 5.69 Å². The highest BCUT2D eigenvalue weighted by atomic mass is 32.2. The molecule has 126 valence electrons. The van der Waals surface area contributed by atoms with E-state index in [9.17, 15) is 18.5 Å². The minimum Gasteiger partial charge on any atom is -0.258 e. The topological polar surface area (TPSA) is 77.3 Å². The number of rotatable bonds is 5. The van der Waals surface area contributed by atoms with Gasteiger partial charge in [-0.05, 0) is 38.5 Å². The Kier molecular flexibility index (Phi) is 5.19. The summed E-state index contributed by atoms with van der Waals surface area (Å²) in [6.45, 7) is 5.53. The molecule has 0 amide bonds. The summed E-state index contributed by atoms with van der Waals surface area (Å²) in [5, 5.41) is 9.90. The van der Waals surface area contributed by atoms with Gasteiger partial charge < -0.3 is 0 Å². The Morgan fingerprint density at radius 2 is 1.58 bits per heavy atom. The lowest BCUT2D eigenvalue weighted by molar-refractivity contribution is -0.384. The van der Waals surface area contributed by atoms with E-state index in [-0.39, 0.29) is 10.6 Å². The van der Waals surface area contributed by atoms with Gasteiger partial charge in [0.1, 0.15) is 5.25 Å². The highest BCUT2D eigenvalue weighted by Gasteiger charge is 2.27. The molecule has 0 fully saturated rings. The van der Waals surface area contributed by atoms with E-state index in [0.717, 1.165) is 11.1 Å². The SMILES string of the molecule is CC(C)=C[C@H](c1ccc([N+](=O)[O-])cc1)S(=O)(=O)c1ccc(C)cc1. The van der Waals surface area contributed by atoms with Crippen LogP contribution in [-0.4, -0.2) is 13.3 Å². The summed E-state index contributed by atoms with van der Waals surface area (Å²) >= 11 is 0. The number of nitrogens with zero attached hydrogens (tertiary/aromatic N) is 1. The lowest BCUT2D eigenvalue weighted by atomic mass is 10.1. The number of hydrogen-bond acceptors (Lipinski definition) is 4. The summed E-state index contributed by atoms with van der Waals surface area (Å²) in [4.78, 5) is 10.5. The van der Waals surface area contributed by atoms with Crippen LogP contribution < -0.4 is 0 Å². The zero-order chi connectivity index (χ0) is 17.9. The molecule has 6 heteroatoms. The van der Waals surface area contributed by atoms with Crippen LogP contribution in [0, 0.1) is 17.0 Å². The van der Waals surface area contributed by atoms with Crippen LogP contribution in [0.25, 0.3) is 0 Å². The van der Waals surface area contributed by atoms with Crippen LogP contribution in [0.2, 0.25) is 0 Å². The second-order valence-electron chi connectivity index (χ2n) is 5.87. The second-order valence-corrected chi connectivity index (χ2v) is 7.94. The Hall–Kier alpha value is -2.47. The van der Waals surface area contributed by atoms with Gasteiger partial charge in [0.25, 0.3) is 5.69 Å². The molecule has 0 aliphatic carbocycles. The summed E-state index contributed by atoms with van der Waals surface area (Å²) in [5.74, 6) is 0. The lowest BCUT2D eigenvalue weighted by Gasteiger charge is -2.16. The first-order chi connectivity index (χ1) is 11.2. The molecule has 0 spiro atoms. The lowest BCUT2D eigenvalue weighted by Crippen LogP contribution is -2.12. The van der Waals surface area contributed by atoms with E-state index in [1.54, 1.807) is 30.3 Å². The normalized spacial score (nSPS) is 12.5. The Morgan fingerprint density at radius 3 is 2.04 bits per heavy atom. The third kappa shape index (κ3) is 3.89. The number of sulfone groups is 1. The smallest absolute Gasteiger partial charge is 0.258 e. The Morgan fingerprint density at radius 1 is 1.04 bits per heavy atom. The van der Waals surface area contributed by atoms with Crippen molar-refractivity contribution in [2.24, 2.45) is 0 Å². The fraction of sp³-hybridized carbons (Fsp3) is 0.222. The standard InChI is InChI=1S/C18H19NO4S/c1-13(2)12-18(15-6-8-16(9-7-15)19(20)21)24(22,23)17-10-4-14(3)5-11-17/h4-12,18H,1-3H3/t18-/m1/s1. The molecule has 0 aliphatic heterocycles. The minimum absolute atomic E-state index is 0.0672. The third-order valence-electron chi connectivity index (χ3n) is 3.60. The van der Waals surface area contributed by atoms with E-state index >= 15 is 0 Å². The van der Waals surface area contributed by atoms with Crippen LogP contribution in [-0.2, 0) is 9.84 Å². The van der Waals surface area contributed by atoms with Gasteiger partial charge in [-0.1, -0.05) is 41.5 Å². The molecule has 0 heterocycles. The monoisotopic (exact) mass is 345 g/mol. The largest absolute Gasteiger partial charge is 0.269 e. The van der Waals surface area contributed by atoms with Crippen LogP contribution in [0.3, 0.4) is 0 Å². The maximum absolute atomic E-state index is 13.0. The zero-order valence-corrected chi connectivity index (χ0v) is 14.6. The van der Waals surface area contributed by atoms with Crippen LogP contribution in [0.15, 0.2) is 65.1 Å². The highest BCUT2D eigenvalue weighted by Crippen LogP contribution is 2.32. The van der Waals surface area contributed by atoms with E-state index in [0.29, 0.717) is 5.56 Å². The van der Waals surface area contributed by atoms with Gasteiger partial charge in [-0.3, -0.25) is 10.1 Å². The van der Waals surface area contributed by atoms with Crippen molar-refractivity contribution in [3.63, 3.8) is 0 Å². The Labute approximate surface area is 141 Å². The summed E-state index contributed by atoms with van der Waals surface area (Å²) in [6, 6.07) is 12.3. The van der Waals surface area contributed by atoms with Gasteiger partial charge in [0, 0.05) is 12.1 Å². The quantitative estimate of drug-likeness (QED) is 0.457. The van der Waals surface area contributed by atoms with Crippen molar-refractivity contribution in [1.82, 2.24) is 0 Å². The number of nitro benzene ring substituents is 1. The highest BCUT2D eigenvalue weighted by molar-refractivity contribution is 7.91. The predicted molar refractivity (Wildman–Crippen MR) is 93.6 cm³/mol. The van der Waals surface area contributed by atoms with Crippen molar-refractivity contribution < 1.29 is 13.3 Å². The molecular formula is C18H19NO4S. The number of non-ortho nitro benzene ring substituents is 1. The number of hydrogen-bond donors (Lipinski definition) is 0. The van der Waals surface area contributed by atoms with Gasteiger partial charge >= 0.3 is 0 Å². The third-order valence-corrected chi connectivity index (χ3v) is 5.61. The van der Waals surface area contributed by atoms with Crippen molar-refractivity contribution in [3.05, 3.63) is 81.4 Å². The first kappa shape index (κ1) is 17.9. The molecule has 0 saturated heterocycles. The minimum atomic E-state index is -3.65. The van der Waals surface area contributed by atoms with E-state index in [2.05, 4.69) is 0 Å². The van der Waals surface area contributed by atoms with Gasteiger partial charge in [-0.25, -0.2) is 8.42 Å². The van der Waals surface area contributed by atoms with Crippen LogP contribution >= 0.6 is 0 Å². The maximum Gasteiger partial charge on any atom is 0.269 e. The Balaban J connectivity index is 2.54. The molecule has 24 heavy (non-hydrogen) atoms. The molecule has 2 aromatic rings. The van der Waals surface area contributed by atoms with Crippen molar-refractivity contribution in [3.8, 4) is 0 Å². The Bertz CT molecular complexity index is 862. The van der Waals surface area contributed by atoms with E-state index in [4.69, 9.17) is 0 Å². The molecule has 0 saturated carbocycles. The fourth-order valence-electron chi connectivity index (χ4n) is 2.33. The summed E-state index contributed by atoms with van der Waals surface area (Å²) in [6.07, 6.45) is 1.66. The van der Waals surface area contributed by atoms with Crippen molar-refractivity contribution in [2.75, 3.05) is 0 Å². The molecule has 0 aromatic heterocycles. The van der Waals surface area contributed by atoms with Gasteiger partial charge in [0.2, 0.25) is 0 Å². The second kappa shape index (κ2) is 6.97. The zero-order valence-electron chi connectivity index (χ0n) is 13.8. The van der Waals surface area contributed by atoms with Gasteiger partial charge in [0.05, 0.1) is 9.82 Å². The van der Waals surface area contributed by atoms with E-state index < -0.39 is 20.0 Å². The molecular weight excluding hydrogens is 326 g/mol. The molecule has 2 rings (SSSR count). The first-order valence-corrected chi connectivity index (χ1v) is 8.96. The molecule has 0 N–H and O–H groups in total. The van der Waals surface area contributed by atoms with Crippen molar-refractivity contribution in [2.45, 2.75) is 30.9 Å². The fourth-order valence-corrected chi connectivity index (χ4v) is 4.10. The van der Waals surface area contributed by atoms with Crippen molar-refractivity contribution >= 4 is 15.5 Å². The molecule has 1 atom stereocenters. The molecule has 0 unspecified atom stereocenters. The molecule has 0 aliphatic rings. The summed E-state index contributed by atoms with van der Waals surface area (Å²) in [5.41, 5.74) is 2.27. The van der Waals surface area contributed by atoms with E-state index in [1.807, 2.05) is 20.8 Å². The summed E-state index contributed by atoms with van der Waals surface area (Å²) in [7, 11) is -3.65. The molecule has 5 nitrogen and oxygen atoms in total. The molecule has 2 aromatic carbocycles. The molecule has 0 radical (unpaired) electrons. The average molecular weight is 345 g/mol. The number of nitro groups is 1. The van der Waals surface area contributed by atoms with Crippen LogP contribution in [0.5, 0.6) is 0 Å². The number of aryl methyl sites for hydroxylation is 1. The van der Waals surface area contributed by atoms with Gasteiger partial charge in [-0.2, -0.15) is 0 Å². The number of benzene rings is 2. The predicted octanol–water partition coefficient (Wildman–Crippen LogP) is 4.38. The number of allylic oxidation sites excluding steroid dienone is 1. The van der Waals surface area contributed by atoms with E-state index in [1.165, 1.54) is 24.3 Å². The maximum atomic E-state index is 13.0. The van der Waals surface area contributed by atoms with Crippen molar-refractivity contribution in [1.29, 1.82) is 0 Å². The summed E-state index contributed by atoms with van der Waals surface area (Å²) < 4.78 is 26.0. The average Bonchev–Trinajstić information content (AvgIpc) is 2.53. The molecule has 0 bridgehead atoms. The van der Waals surface area contributed by atoms with Gasteiger partial charge in [0.15, 0.2) is 9.84 Å².